The summed E-state index contributed by atoms with van der Waals surface area (Å²) in [5, 5.41) is 8.78. The molecule has 3 nitrogen and oxygen atoms in total. The van der Waals surface area contributed by atoms with Crippen molar-refractivity contribution in [1.82, 2.24) is 4.90 Å². The van der Waals surface area contributed by atoms with E-state index in [2.05, 4.69) is 0 Å². The van der Waals surface area contributed by atoms with Gasteiger partial charge in [-0.1, -0.05) is 0 Å². The van der Waals surface area contributed by atoms with Crippen LogP contribution >= 0.6 is 0 Å². The Morgan fingerprint density at radius 3 is 1.65 bits per heavy atom. The van der Waals surface area contributed by atoms with Gasteiger partial charge in [0.05, 0.1) is 6.61 Å². The predicted octanol–water partition coefficient (Wildman–Crippen LogP) is 1.50. The predicted molar refractivity (Wildman–Crippen MR) is 62.0 cm³/mol. The van der Waals surface area contributed by atoms with Crippen LogP contribution in [0.5, 0.6) is 0 Å². The molecule has 1 N–H and O–H groups in total. The second kappa shape index (κ2) is 5.92. The molecule has 8 heteroatoms. The van der Waals surface area contributed by atoms with Gasteiger partial charge < -0.3 is 10.0 Å². The van der Waals surface area contributed by atoms with Crippen molar-refractivity contribution in [2.24, 2.45) is 0 Å². The number of β-amino-alcohol motifs (C(OH)–C–C–N with tert-alkyl or cyclic N) is 1. The van der Waals surface area contributed by atoms with E-state index in [0.29, 0.717) is 19.6 Å². The molecule has 1 aliphatic rings. The van der Waals surface area contributed by atoms with Crippen molar-refractivity contribution in [3.63, 3.8) is 0 Å². The molecule has 20 heavy (non-hydrogen) atoms. The number of hydrogen-bond acceptors (Lipinski definition) is 3. The van der Waals surface area contributed by atoms with E-state index in [9.17, 15) is 22.0 Å². The third-order valence-corrected chi connectivity index (χ3v) is 3.29. The van der Waals surface area contributed by atoms with E-state index in [-0.39, 0.29) is 19.7 Å². The van der Waals surface area contributed by atoms with E-state index >= 15 is 0 Å². The van der Waals surface area contributed by atoms with E-state index < -0.39 is 34.8 Å². The molecule has 0 radical (unpaired) electrons. The van der Waals surface area contributed by atoms with Crippen molar-refractivity contribution in [3.05, 3.63) is 29.1 Å². The number of anilines is 1. The third-order valence-electron chi connectivity index (χ3n) is 3.29. The molecule has 1 fully saturated rings. The molecule has 1 saturated heterocycles. The Morgan fingerprint density at radius 2 is 1.20 bits per heavy atom. The number of aliphatic hydroxyl groups is 1. The summed E-state index contributed by atoms with van der Waals surface area (Å²) in [4.78, 5) is 2.96. The highest BCUT2D eigenvalue weighted by molar-refractivity contribution is 5.51. The Bertz CT molecular complexity index is 474. The zero-order valence-corrected chi connectivity index (χ0v) is 10.5. The largest absolute Gasteiger partial charge is 0.395 e. The molecule has 1 heterocycles. The number of piperazine rings is 1. The minimum atomic E-state index is -2.15. The van der Waals surface area contributed by atoms with E-state index in [4.69, 9.17) is 5.11 Å². The number of nitrogens with zero attached hydrogens (tertiary/aromatic N) is 2. The molecule has 1 aliphatic heterocycles. The molecule has 112 valence electrons. The summed E-state index contributed by atoms with van der Waals surface area (Å²) < 4.78 is 66.4. The van der Waals surface area contributed by atoms with Crippen LogP contribution in [0.25, 0.3) is 0 Å². The van der Waals surface area contributed by atoms with E-state index in [1.807, 2.05) is 4.90 Å². The lowest BCUT2D eigenvalue weighted by molar-refractivity contribution is 0.188. The minimum Gasteiger partial charge on any atom is -0.395 e. The van der Waals surface area contributed by atoms with Crippen molar-refractivity contribution in [1.29, 1.82) is 0 Å². The second-order valence-electron chi connectivity index (χ2n) is 4.47. The van der Waals surface area contributed by atoms with E-state index in [1.54, 1.807) is 0 Å². The monoisotopic (exact) mass is 296 g/mol. The quantitative estimate of drug-likeness (QED) is 0.520. The summed E-state index contributed by atoms with van der Waals surface area (Å²) in [6, 6.07) is 0. The number of halogens is 5. The summed E-state index contributed by atoms with van der Waals surface area (Å²) in [6.45, 7) is 1.35. The zero-order valence-electron chi connectivity index (χ0n) is 10.5. The van der Waals surface area contributed by atoms with Gasteiger partial charge in [0.1, 0.15) is 5.69 Å². The van der Waals surface area contributed by atoms with Gasteiger partial charge in [-0.05, 0) is 0 Å². The summed E-state index contributed by atoms with van der Waals surface area (Å²) in [5.74, 6) is -9.63. The first-order chi connectivity index (χ1) is 9.47. The van der Waals surface area contributed by atoms with Gasteiger partial charge in [0.15, 0.2) is 23.3 Å². The van der Waals surface area contributed by atoms with Crippen molar-refractivity contribution in [2.75, 3.05) is 44.2 Å². The van der Waals surface area contributed by atoms with E-state index in [0.717, 1.165) is 4.90 Å². The fraction of sp³-hybridized carbons (Fsp3) is 0.500. The minimum absolute atomic E-state index is 0.0530. The van der Waals surface area contributed by atoms with Crippen LogP contribution in [-0.4, -0.2) is 49.3 Å². The molecule has 0 atom stereocenters. The SMILES string of the molecule is OCCN1CCN(c2c(F)c(F)c(F)c(F)c2F)CC1. The van der Waals surface area contributed by atoms with Crippen LogP contribution < -0.4 is 4.90 Å². The number of rotatable bonds is 3. The van der Waals surface area contributed by atoms with Crippen molar-refractivity contribution in [2.45, 2.75) is 0 Å². The molecule has 0 spiro atoms. The Hall–Kier alpha value is -1.41. The molecular formula is C12H13F5N2O. The fourth-order valence-electron chi connectivity index (χ4n) is 2.21. The first-order valence-electron chi connectivity index (χ1n) is 6.07. The Kier molecular flexibility index (Phi) is 4.44. The molecule has 1 aromatic rings. The van der Waals surface area contributed by atoms with Crippen LogP contribution in [0.1, 0.15) is 0 Å². The Morgan fingerprint density at radius 1 is 0.750 bits per heavy atom. The molecule has 0 bridgehead atoms. The molecule has 0 aromatic heterocycles. The van der Waals surface area contributed by atoms with Gasteiger partial charge in [-0.15, -0.1) is 0 Å². The van der Waals surface area contributed by atoms with Crippen LogP contribution in [0, 0.1) is 29.1 Å². The number of hydrogen-bond donors (Lipinski definition) is 1. The first-order valence-corrected chi connectivity index (χ1v) is 6.07. The highest BCUT2D eigenvalue weighted by Gasteiger charge is 2.30. The maximum Gasteiger partial charge on any atom is 0.200 e. The van der Waals surface area contributed by atoms with Gasteiger partial charge in [-0.2, -0.15) is 0 Å². The maximum absolute atomic E-state index is 13.6. The molecule has 1 aromatic carbocycles. The lowest BCUT2D eigenvalue weighted by Gasteiger charge is -2.36. The number of aliphatic hydroxyl groups excluding tert-OH is 1. The van der Waals surface area contributed by atoms with Gasteiger partial charge in [-0.25, -0.2) is 22.0 Å². The summed E-state index contributed by atoms with van der Waals surface area (Å²) in [5.41, 5.74) is -0.884. The van der Waals surface area contributed by atoms with Gasteiger partial charge >= 0.3 is 0 Å². The molecule has 2 rings (SSSR count). The van der Waals surface area contributed by atoms with E-state index in [1.165, 1.54) is 0 Å². The average Bonchev–Trinajstić information content (AvgIpc) is 2.45. The van der Waals surface area contributed by atoms with Crippen molar-refractivity contribution < 1.29 is 27.1 Å². The smallest absolute Gasteiger partial charge is 0.200 e. The average molecular weight is 296 g/mol. The van der Waals surface area contributed by atoms with Gasteiger partial charge in [0.25, 0.3) is 0 Å². The van der Waals surface area contributed by atoms with Crippen molar-refractivity contribution in [3.8, 4) is 0 Å². The maximum atomic E-state index is 13.6. The standard InChI is InChI=1S/C12H13F5N2O/c13-7-8(14)10(16)12(11(17)9(7)15)19-3-1-18(2-4-19)5-6-20/h20H,1-6H2. The lowest BCUT2D eigenvalue weighted by Crippen LogP contribution is -2.48. The van der Waals surface area contributed by atoms with Crippen molar-refractivity contribution >= 4 is 5.69 Å². The van der Waals surface area contributed by atoms with Crippen LogP contribution in [0.15, 0.2) is 0 Å². The normalized spacial score (nSPS) is 16.8. The van der Waals surface area contributed by atoms with Gasteiger partial charge in [0, 0.05) is 32.7 Å². The van der Waals surface area contributed by atoms with Crippen LogP contribution in [0.3, 0.4) is 0 Å². The first kappa shape index (κ1) is 15.0. The Labute approximate surface area is 112 Å². The molecule has 0 aliphatic carbocycles. The van der Waals surface area contributed by atoms with Gasteiger partial charge in [-0.3, -0.25) is 4.90 Å². The second-order valence-corrected chi connectivity index (χ2v) is 4.47. The molecule has 0 unspecified atom stereocenters. The zero-order chi connectivity index (χ0) is 14.9. The third kappa shape index (κ3) is 2.57. The summed E-state index contributed by atoms with van der Waals surface area (Å²) in [6.07, 6.45) is 0. The molecule has 0 saturated carbocycles. The topological polar surface area (TPSA) is 26.7 Å². The van der Waals surface area contributed by atoms with Crippen LogP contribution in [0.2, 0.25) is 0 Å². The van der Waals surface area contributed by atoms with Crippen LogP contribution in [-0.2, 0) is 0 Å². The van der Waals surface area contributed by atoms with Gasteiger partial charge in [0.2, 0.25) is 5.82 Å². The summed E-state index contributed by atoms with van der Waals surface area (Å²) >= 11 is 0. The highest BCUT2D eigenvalue weighted by Crippen LogP contribution is 2.30. The highest BCUT2D eigenvalue weighted by atomic mass is 19.2. The Balaban J connectivity index is 2.26. The number of benzene rings is 1. The summed E-state index contributed by atoms with van der Waals surface area (Å²) in [7, 11) is 0. The molecule has 0 amide bonds. The lowest BCUT2D eigenvalue weighted by atomic mass is 10.2. The molecular weight excluding hydrogens is 283 g/mol. The van der Waals surface area contributed by atoms with Crippen LogP contribution in [0.4, 0.5) is 27.6 Å². The fourth-order valence-corrected chi connectivity index (χ4v) is 2.21.